The molecule has 2 aliphatic rings. The molecule has 1 aromatic carbocycles. The van der Waals surface area contributed by atoms with Crippen LogP contribution in [0.5, 0.6) is 0 Å². The Labute approximate surface area is 120 Å². The minimum Gasteiger partial charge on any atom is -0.353 e. The first kappa shape index (κ1) is 13.6. The van der Waals surface area contributed by atoms with Crippen molar-refractivity contribution in [2.75, 3.05) is 0 Å². The first-order chi connectivity index (χ1) is 9.74. The summed E-state index contributed by atoms with van der Waals surface area (Å²) in [6.07, 6.45) is 6.28. The molecule has 0 bridgehead atoms. The third-order valence-corrected chi connectivity index (χ3v) is 4.92. The summed E-state index contributed by atoms with van der Waals surface area (Å²) in [5.41, 5.74) is 7.27. The SMILES string of the molecule is NC1CCC(C(=O)NC2CCCC2c2ccccc2)C1. The van der Waals surface area contributed by atoms with Crippen LogP contribution in [0.2, 0.25) is 0 Å². The number of carbonyl (C=O) groups is 1. The third kappa shape index (κ3) is 2.88. The number of hydrogen-bond acceptors (Lipinski definition) is 2. The van der Waals surface area contributed by atoms with Crippen molar-refractivity contribution in [3.8, 4) is 0 Å². The van der Waals surface area contributed by atoms with Gasteiger partial charge in [0.15, 0.2) is 0 Å². The van der Waals surface area contributed by atoms with Crippen molar-refractivity contribution in [3.05, 3.63) is 35.9 Å². The molecule has 2 saturated carbocycles. The fraction of sp³-hybridized carbons (Fsp3) is 0.588. The summed E-state index contributed by atoms with van der Waals surface area (Å²) in [6.45, 7) is 0. The van der Waals surface area contributed by atoms with Crippen molar-refractivity contribution in [3.63, 3.8) is 0 Å². The van der Waals surface area contributed by atoms with Crippen molar-refractivity contribution in [2.24, 2.45) is 11.7 Å². The molecule has 0 radical (unpaired) electrons. The molecular formula is C17H24N2O. The van der Waals surface area contributed by atoms with E-state index in [0.29, 0.717) is 12.0 Å². The quantitative estimate of drug-likeness (QED) is 0.888. The average molecular weight is 272 g/mol. The number of amides is 1. The van der Waals surface area contributed by atoms with Crippen molar-refractivity contribution in [1.82, 2.24) is 5.32 Å². The molecule has 2 fully saturated rings. The van der Waals surface area contributed by atoms with E-state index in [1.807, 2.05) is 6.07 Å². The molecule has 0 aliphatic heterocycles. The highest BCUT2D eigenvalue weighted by molar-refractivity contribution is 5.79. The molecule has 1 amide bonds. The second-order valence-electron chi connectivity index (χ2n) is 6.33. The van der Waals surface area contributed by atoms with Gasteiger partial charge in [0.25, 0.3) is 0 Å². The summed E-state index contributed by atoms with van der Waals surface area (Å²) in [5.74, 6) is 0.850. The predicted molar refractivity (Wildman–Crippen MR) is 80.3 cm³/mol. The van der Waals surface area contributed by atoms with E-state index in [1.54, 1.807) is 0 Å². The number of carbonyl (C=O) groups excluding carboxylic acids is 1. The van der Waals surface area contributed by atoms with Gasteiger partial charge in [0, 0.05) is 23.9 Å². The van der Waals surface area contributed by atoms with Gasteiger partial charge in [-0.3, -0.25) is 4.79 Å². The van der Waals surface area contributed by atoms with E-state index in [4.69, 9.17) is 5.73 Å². The molecule has 2 aliphatic carbocycles. The topological polar surface area (TPSA) is 55.1 Å². The zero-order valence-electron chi connectivity index (χ0n) is 11.9. The molecule has 4 unspecified atom stereocenters. The van der Waals surface area contributed by atoms with Gasteiger partial charge in [-0.25, -0.2) is 0 Å². The van der Waals surface area contributed by atoms with Crippen LogP contribution in [-0.4, -0.2) is 18.0 Å². The summed E-state index contributed by atoms with van der Waals surface area (Å²) in [7, 11) is 0. The molecule has 1 aromatic rings. The zero-order chi connectivity index (χ0) is 13.9. The van der Waals surface area contributed by atoms with Crippen LogP contribution in [0.15, 0.2) is 30.3 Å². The van der Waals surface area contributed by atoms with Crippen LogP contribution in [0.4, 0.5) is 0 Å². The second-order valence-corrected chi connectivity index (χ2v) is 6.33. The molecule has 0 aromatic heterocycles. The Bertz CT molecular complexity index is 459. The van der Waals surface area contributed by atoms with Gasteiger partial charge in [-0.05, 0) is 37.7 Å². The van der Waals surface area contributed by atoms with E-state index < -0.39 is 0 Å². The van der Waals surface area contributed by atoms with Gasteiger partial charge in [-0.2, -0.15) is 0 Å². The molecule has 0 spiro atoms. The van der Waals surface area contributed by atoms with E-state index in [1.165, 1.54) is 18.4 Å². The lowest BCUT2D eigenvalue weighted by Gasteiger charge is -2.23. The lowest BCUT2D eigenvalue weighted by Crippen LogP contribution is -2.40. The maximum absolute atomic E-state index is 12.4. The maximum atomic E-state index is 12.4. The molecule has 3 N–H and O–H groups in total. The van der Waals surface area contributed by atoms with Gasteiger partial charge in [0.2, 0.25) is 5.91 Å². The Hall–Kier alpha value is -1.35. The minimum absolute atomic E-state index is 0.141. The van der Waals surface area contributed by atoms with E-state index in [0.717, 1.165) is 25.7 Å². The highest BCUT2D eigenvalue weighted by Crippen LogP contribution is 2.35. The number of rotatable bonds is 3. The molecular weight excluding hydrogens is 248 g/mol. The third-order valence-electron chi connectivity index (χ3n) is 4.92. The average Bonchev–Trinajstić information content (AvgIpc) is 3.09. The van der Waals surface area contributed by atoms with Gasteiger partial charge < -0.3 is 11.1 Å². The van der Waals surface area contributed by atoms with Gasteiger partial charge >= 0.3 is 0 Å². The number of nitrogens with one attached hydrogen (secondary N) is 1. The molecule has 4 atom stereocenters. The van der Waals surface area contributed by atoms with E-state index >= 15 is 0 Å². The summed E-state index contributed by atoms with van der Waals surface area (Å²) in [4.78, 5) is 12.4. The lowest BCUT2D eigenvalue weighted by atomic mass is 9.93. The van der Waals surface area contributed by atoms with E-state index in [9.17, 15) is 4.79 Å². The summed E-state index contributed by atoms with van der Waals surface area (Å²) in [6, 6.07) is 11.1. The molecule has 0 saturated heterocycles. The van der Waals surface area contributed by atoms with Crippen LogP contribution in [0.25, 0.3) is 0 Å². The van der Waals surface area contributed by atoms with Crippen LogP contribution in [-0.2, 0) is 4.79 Å². The Balaban J connectivity index is 1.63. The van der Waals surface area contributed by atoms with Crippen molar-refractivity contribution in [2.45, 2.75) is 56.5 Å². The fourth-order valence-corrected chi connectivity index (χ4v) is 3.79. The number of nitrogens with two attached hydrogens (primary N) is 1. The molecule has 3 rings (SSSR count). The maximum Gasteiger partial charge on any atom is 0.223 e. The smallest absolute Gasteiger partial charge is 0.223 e. The lowest BCUT2D eigenvalue weighted by molar-refractivity contribution is -0.125. The molecule has 3 nitrogen and oxygen atoms in total. The van der Waals surface area contributed by atoms with Gasteiger partial charge in [0.1, 0.15) is 0 Å². The van der Waals surface area contributed by atoms with Crippen molar-refractivity contribution in [1.29, 1.82) is 0 Å². The summed E-state index contributed by atoms with van der Waals surface area (Å²) >= 11 is 0. The van der Waals surface area contributed by atoms with Crippen LogP contribution in [0, 0.1) is 5.92 Å². The summed E-state index contributed by atoms with van der Waals surface area (Å²) in [5, 5.41) is 3.30. The van der Waals surface area contributed by atoms with Crippen LogP contribution in [0.3, 0.4) is 0 Å². The Kier molecular flexibility index (Phi) is 4.06. The molecule has 20 heavy (non-hydrogen) atoms. The molecule has 3 heteroatoms. The normalized spacial score (nSPS) is 33.2. The largest absolute Gasteiger partial charge is 0.353 e. The van der Waals surface area contributed by atoms with E-state index in [2.05, 4.69) is 29.6 Å². The highest BCUT2D eigenvalue weighted by atomic mass is 16.1. The highest BCUT2D eigenvalue weighted by Gasteiger charge is 2.33. The predicted octanol–water partition coefficient (Wildman–Crippen LogP) is 2.57. The van der Waals surface area contributed by atoms with Gasteiger partial charge in [0.05, 0.1) is 0 Å². The number of hydrogen-bond donors (Lipinski definition) is 2. The summed E-state index contributed by atoms with van der Waals surface area (Å²) < 4.78 is 0. The van der Waals surface area contributed by atoms with Crippen LogP contribution < -0.4 is 11.1 Å². The number of benzene rings is 1. The minimum atomic E-state index is 0.141. The first-order valence-electron chi connectivity index (χ1n) is 7.85. The van der Waals surface area contributed by atoms with Crippen molar-refractivity contribution < 1.29 is 4.79 Å². The Morgan fingerprint density at radius 2 is 1.90 bits per heavy atom. The fourth-order valence-electron chi connectivity index (χ4n) is 3.79. The standard InChI is InChI=1S/C17H24N2O/c18-14-10-9-13(11-14)17(20)19-16-8-4-7-15(16)12-5-2-1-3-6-12/h1-3,5-6,13-16H,4,7-11,18H2,(H,19,20). The van der Waals surface area contributed by atoms with Crippen molar-refractivity contribution >= 4 is 5.91 Å². The van der Waals surface area contributed by atoms with Crippen LogP contribution >= 0.6 is 0 Å². The monoisotopic (exact) mass is 272 g/mol. The van der Waals surface area contributed by atoms with E-state index in [-0.39, 0.29) is 17.9 Å². The first-order valence-corrected chi connectivity index (χ1v) is 7.85. The molecule has 0 heterocycles. The van der Waals surface area contributed by atoms with Gasteiger partial charge in [-0.1, -0.05) is 36.8 Å². The van der Waals surface area contributed by atoms with Crippen LogP contribution in [0.1, 0.15) is 50.0 Å². The van der Waals surface area contributed by atoms with Gasteiger partial charge in [-0.15, -0.1) is 0 Å². The molecule has 108 valence electrons. The zero-order valence-corrected chi connectivity index (χ0v) is 11.9. The Morgan fingerprint density at radius 1 is 1.10 bits per heavy atom. The second kappa shape index (κ2) is 5.96. The Morgan fingerprint density at radius 3 is 2.60 bits per heavy atom.